The third-order valence-electron chi connectivity index (χ3n) is 7.40. The number of halogens is 2. The van der Waals surface area contributed by atoms with Crippen LogP contribution in [0.25, 0.3) is 11.1 Å². The summed E-state index contributed by atoms with van der Waals surface area (Å²) in [6, 6.07) is 16.2. The highest BCUT2D eigenvalue weighted by molar-refractivity contribution is 5.94. The Labute approximate surface area is 246 Å². The van der Waals surface area contributed by atoms with Crippen molar-refractivity contribution in [2.75, 3.05) is 33.8 Å². The molecule has 0 aliphatic carbocycles. The highest BCUT2D eigenvalue weighted by atomic mass is 19.1. The molecular weight excluding hydrogens is 540 g/mol. The molecule has 0 aliphatic heterocycles. The van der Waals surface area contributed by atoms with Crippen LogP contribution in [-0.2, 0) is 16.9 Å². The molecule has 42 heavy (non-hydrogen) atoms. The summed E-state index contributed by atoms with van der Waals surface area (Å²) in [7, 11) is 3.59. The molecule has 3 rings (SSSR count). The van der Waals surface area contributed by atoms with Crippen molar-refractivity contribution in [3.05, 3.63) is 94.6 Å². The Morgan fingerprint density at radius 3 is 2.36 bits per heavy atom. The van der Waals surface area contributed by atoms with Crippen LogP contribution in [-0.4, -0.2) is 60.7 Å². The van der Waals surface area contributed by atoms with E-state index >= 15 is 4.39 Å². The first kappa shape index (κ1) is 32.8. The maximum Gasteiger partial charge on any atom is 0.253 e. The number of rotatable bonds is 15. The molecule has 0 spiro atoms. The van der Waals surface area contributed by atoms with Gasteiger partial charge in [0.1, 0.15) is 18.2 Å². The molecule has 0 aliphatic rings. The highest BCUT2D eigenvalue weighted by Crippen LogP contribution is 2.40. The first-order valence-corrected chi connectivity index (χ1v) is 14.2. The maximum atomic E-state index is 15.3. The predicted molar refractivity (Wildman–Crippen MR) is 160 cm³/mol. The molecule has 4 N–H and O–H groups in total. The molecule has 3 aromatic carbocycles. The monoisotopic (exact) mass is 581 g/mol. The quantitative estimate of drug-likeness (QED) is 0.195. The average molecular weight is 582 g/mol. The smallest absolute Gasteiger partial charge is 0.253 e. The molecule has 7 nitrogen and oxygen atoms in total. The van der Waals surface area contributed by atoms with E-state index in [4.69, 9.17) is 5.11 Å². The topological polar surface area (TPSA) is 102 Å². The van der Waals surface area contributed by atoms with Gasteiger partial charge in [-0.1, -0.05) is 35.9 Å². The molecule has 0 aromatic heterocycles. The van der Waals surface area contributed by atoms with E-state index in [0.717, 1.165) is 11.1 Å². The number of benzene rings is 3. The summed E-state index contributed by atoms with van der Waals surface area (Å²) < 4.78 is 30.3. The van der Waals surface area contributed by atoms with Gasteiger partial charge in [-0.3, -0.25) is 9.59 Å². The molecule has 0 saturated carbocycles. The van der Waals surface area contributed by atoms with Crippen molar-refractivity contribution >= 4 is 11.8 Å². The lowest BCUT2D eigenvalue weighted by atomic mass is 9.80. The van der Waals surface area contributed by atoms with Crippen LogP contribution >= 0.6 is 0 Å². The molecule has 0 fully saturated rings. The fraction of sp³-hybridized carbons (Fsp3) is 0.394. The molecule has 9 heteroatoms. The Balaban J connectivity index is 1.78. The Morgan fingerprint density at radius 2 is 1.67 bits per heavy atom. The summed E-state index contributed by atoms with van der Waals surface area (Å²) in [5.74, 6) is -1.88. The van der Waals surface area contributed by atoms with Crippen LogP contribution < -0.4 is 10.6 Å². The summed E-state index contributed by atoms with van der Waals surface area (Å²) in [5.41, 5.74) is 1.23. The fourth-order valence-corrected chi connectivity index (χ4v) is 5.13. The number of nitrogens with zero attached hydrogens (tertiary/aromatic N) is 1. The minimum Gasteiger partial charge on any atom is -0.387 e. The van der Waals surface area contributed by atoms with E-state index < -0.39 is 29.7 Å². The van der Waals surface area contributed by atoms with Crippen molar-refractivity contribution in [3.63, 3.8) is 0 Å². The lowest BCUT2D eigenvalue weighted by molar-refractivity contribution is -0.123. The van der Waals surface area contributed by atoms with Gasteiger partial charge < -0.3 is 25.7 Å². The van der Waals surface area contributed by atoms with Gasteiger partial charge in [0.05, 0.1) is 5.60 Å². The van der Waals surface area contributed by atoms with E-state index in [1.807, 2.05) is 19.2 Å². The number of aliphatic hydroxyl groups excluding tert-OH is 1. The highest BCUT2D eigenvalue weighted by Gasteiger charge is 2.33. The van der Waals surface area contributed by atoms with Gasteiger partial charge in [-0.2, -0.15) is 0 Å². The molecule has 3 aromatic rings. The van der Waals surface area contributed by atoms with Crippen LogP contribution in [0.4, 0.5) is 8.78 Å². The zero-order chi connectivity index (χ0) is 30.7. The van der Waals surface area contributed by atoms with Crippen molar-refractivity contribution in [2.45, 2.75) is 51.2 Å². The molecule has 0 bridgehead atoms. The van der Waals surface area contributed by atoms with Crippen LogP contribution in [0.1, 0.15) is 59.2 Å². The normalized spacial score (nSPS) is 12.5. The molecule has 1 unspecified atom stereocenters. The zero-order valence-corrected chi connectivity index (χ0v) is 24.6. The van der Waals surface area contributed by atoms with Crippen LogP contribution in [0.15, 0.2) is 60.7 Å². The van der Waals surface area contributed by atoms with Crippen molar-refractivity contribution < 1.29 is 28.6 Å². The number of aryl methyl sites for hydroxylation is 1. The van der Waals surface area contributed by atoms with Crippen molar-refractivity contribution in [1.82, 2.24) is 15.5 Å². The summed E-state index contributed by atoms with van der Waals surface area (Å²) in [4.78, 5) is 26.0. The molecule has 0 heterocycles. The van der Waals surface area contributed by atoms with Gasteiger partial charge in [0, 0.05) is 43.4 Å². The van der Waals surface area contributed by atoms with E-state index in [1.54, 1.807) is 49.2 Å². The maximum absolute atomic E-state index is 15.3. The van der Waals surface area contributed by atoms with Gasteiger partial charge in [0.25, 0.3) is 5.91 Å². The second-order valence-electron chi connectivity index (χ2n) is 10.7. The van der Waals surface area contributed by atoms with E-state index in [9.17, 15) is 19.1 Å². The van der Waals surface area contributed by atoms with Gasteiger partial charge in [0.2, 0.25) is 5.91 Å². The predicted octanol–water partition coefficient (Wildman–Crippen LogP) is 4.68. The van der Waals surface area contributed by atoms with Crippen LogP contribution in [0.3, 0.4) is 0 Å². The second kappa shape index (κ2) is 15.5. The van der Waals surface area contributed by atoms with Gasteiger partial charge in [-0.25, -0.2) is 8.78 Å². The minimum absolute atomic E-state index is 0.00890. The largest absolute Gasteiger partial charge is 0.387 e. The Kier molecular flexibility index (Phi) is 12.2. The van der Waals surface area contributed by atoms with Gasteiger partial charge >= 0.3 is 0 Å². The van der Waals surface area contributed by atoms with Crippen molar-refractivity contribution in [1.29, 1.82) is 0 Å². The fourth-order valence-electron chi connectivity index (χ4n) is 5.13. The first-order valence-electron chi connectivity index (χ1n) is 14.2. The summed E-state index contributed by atoms with van der Waals surface area (Å²) in [6.45, 7) is 2.51. The number of nitrogens with one attached hydrogen (secondary N) is 2. The summed E-state index contributed by atoms with van der Waals surface area (Å²) in [5, 5.41) is 26.6. The molecule has 0 saturated heterocycles. The van der Waals surface area contributed by atoms with Crippen LogP contribution in [0.5, 0.6) is 0 Å². The zero-order valence-electron chi connectivity index (χ0n) is 24.6. The molecule has 1 atom stereocenters. The Hall–Kier alpha value is -3.66. The van der Waals surface area contributed by atoms with E-state index in [0.29, 0.717) is 37.9 Å². The van der Waals surface area contributed by atoms with Crippen molar-refractivity contribution in [3.8, 4) is 11.1 Å². The number of unbranched alkanes of at least 4 members (excludes halogenated alkanes) is 1. The number of hydrogen-bond donors (Lipinski definition) is 4. The first-order chi connectivity index (χ1) is 20.1. The number of carbonyl (C=O) groups excluding carboxylic acids is 2. The summed E-state index contributed by atoms with van der Waals surface area (Å²) >= 11 is 0. The molecule has 226 valence electrons. The van der Waals surface area contributed by atoms with Crippen molar-refractivity contribution in [2.24, 2.45) is 0 Å². The lowest BCUT2D eigenvalue weighted by Gasteiger charge is -2.32. The van der Waals surface area contributed by atoms with Crippen LogP contribution in [0.2, 0.25) is 0 Å². The van der Waals surface area contributed by atoms with Gasteiger partial charge in [-0.05, 0) is 87.5 Å². The number of carbonyl (C=O) groups is 2. The second-order valence-corrected chi connectivity index (χ2v) is 10.7. The Bertz CT molecular complexity index is 1350. The third-order valence-corrected chi connectivity index (χ3v) is 7.40. The van der Waals surface area contributed by atoms with E-state index in [2.05, 4.69) is 10.6 Å². The minimum atomic E-state index is -1.54. The number of aliphatic hydroxyl groups is 2. The molecule has 0 radical (unpaired) electrons. The average Bonchev–Trinajstić information content (AvgIpc) is 2.98. The summed E-state index contributed by atoms with van der Waals surface area (Å²) in [6.07, 6.45) is 1.82. The SMILES string of the molecule is CNCc1ccc(C(=O)N(C)CCCCC(O)(CCCNC(=O)CO)c2cccc(F)c2-c2cc(C)ccc2F)cc1. The molecular formula is C33H41F2N3O4. The standard InChI is InChI=1S/C33H41F2N3O4/c1-23-10-15-28(34)26(20-23)31-27(8-6-9-29(31)35)33(42,17-7-18-37-30(40)22-39)16-4-5-19-38(3)32(41)25-13-11-24(12-14-25)21-36-2/h6,8-15,20,36,39,42H,4-5,7,16-19,21-22H2,1-3H3,(H,37,40). The Morgan fingerprint density at radius 1 is 0.952 bits per heavy atom. The van der Waals surface area contributed by atoms with Gasteiger partial charge in [-0.15, -0.1) is 0 Å². The van der Waals surface area contributed by atoms with E-state index in [1.165, 1.54) is 18.2 Å². The van der Waals surface area contributed by atoms with Crippen LogP contribution in [0, 0.1) is 18.6 Å². The number of amides is 2. The third kappa shape index (κ3) is 8.67. The van der Waals surface area contributed by atoms with Gasteiger partial charge in [0.15, 0.2) is 0 Å². The van der Waals surface area contributed by atoms with E-state index in [-0.39, 0.29) is 42.0 Å². The lowest BCUT2D eigenvalue weighted by Crippen LogP contribution is -2.32. The number of hydrogen-bond acceptors (Lipinski definition) is 5. The molecule has 2 amide bonds.